The number of carbonyl (C=O) groups excluding carboxylic acids is 1. The number of fused-ring (bicyclic) bond motifs is 1. The first-order valence-corrected chi connectivity index (χ1v) is 14.1. The summed E-state index contributed by atoms with van der Waals surface area (Å²) in [7, 11) is 0. The lowest BCUT2D eigenvalue weighted by Gasteiger charge is -2.37. The molecule has 2 aliphatic carbocycles. The number of ether oxygens (including phenoxy) is 1. The highest BCUT2D eigenvalue weighted by Gasteiger charge is 2.39. The predicted molar refractivity (Wildman–Crippen MR) is 150 cm³/mol. The third-order valence-corrected chi connectivity index (χ3v) is 8.03. The topological polar surface area (TPSA) is 82.1 Å². The molecule has 0 spiro atoms. The molecule has 7 nitrogen and oxygen atoms in total. The van der Waals surface area contributed by atoms with Crippen molar-refractivity contribution in [1.29, 1.82) is 0 Å². The van der Waals surface area contributed by atoms with Crippen LogP contribution in [0.25, 0.3) is 6.08 Å². The van der Waals surface area contributed by atoms with Crippen LogP contribution in [0.4, 0.5) is 0 Å². The number of aromatic amines is 1. The highest BCUT2D eigenvalue weighted by Crippen LogP contribution is 2.36. The summed E-state index contributed by atoms with van der Waals surface area (Å²) in [6, 6.07) is 10.9. The maximum atomic E-state index is 13.4. The third-order valence-electron chi connectivity index (χ3n) is 8.03. The lowest BCUT2D eigenvalue weighted by Crippen LogP contribution is -2.46. The van der Waals surface area contributed by atoms with Gasteiger partial charge in [-0.05, 0) is 74.8 Å². The van der Waals surface area contributed by atoms with Crippen molar-refractivity contribution in [3.8, 4) is 18.1 Å². The molecular formula is C31H39N5O2. The van der Waals surface area contributed by atoms with Gasteiger partial charge in [0.1, 0.15) is 11.4 Å². The van der Waals surface area contributed by atoms with Gasteiger partial charge >= 0.3 is 0 Å². The van der Waals surface area contributed by atoms with E-state index in [1.807, 2.05) is 18.2 Å². The van der Waals surface area contributed by atoms with Crippen molar-refractivity contribution < 1.29 is 9.53 Å². The Morgan fingerprint density at radius 3 is 2.97 bits per heavy atom. The zero-order valence-electron chi connectivity index (χ0n) is 22.4. The molecule has 0 radical (unpaired) electrons. The molecule has 1 aliphatic heterocycles. The number of amides is 1. The number of nitrogens with zero attached hydrogens (tertiary/aromatic N) is 3. The van der Waals surface area contributed by atoms with Crippen LogP contribution in [-0.4, -0.2) is 46.7 Å². The highest BCUT2D eigenvalue weighted by molar-refractivity contribution is 5.93. The van der Waals surface area contributed by atoms with Crippen molar-refractivity contribution in [2.24, 2.45) is 10.2 Å². The molecule has 2 atom stereocenters. The van der Waals surface area contributed by atoms with Crippen LogP contribution in [0.2, 0.25) is 0 Å². The number of H-pyrrole nitrogens is 1. The van der Waals surface area contributed by atoms with E-state index in [1.54, 1.807) is 0 Å². The summed E-state index contributed by atoms with van der Waals surface area (Å²) in [6.07, 6.45) is 18.2. The molecule has 2 unspecified atom stereocenters. The zero-order chi connectivity index (χ0) is 26.4. The van der Waals surface area contributed by atoms with Gasteiger partial charge in [-0.25, -0.2) is 0 Å². The van der Waals surface area contributed by atoms with E-state index < -0.39 is 0 Å². The van der Waals surface area contributed by atoms with Crippen molar-refractivity contribution in [1.82, 2.24) is 15.2 Å². The fraction of sp³-hybridized carbons (Fsp3) is 0.516. The Morgan fingerprint density at radius 1 is 1.29 bits per heavy atom. The second-order valence-electron chi connectivity index (χ2n) is 10.7. The molecule has 2 heterocycles. The van der Waals surface area contributed by atoms with Gasteiger partial charge < -0.3 is 19.9 Å². The number of hydrogen-bond donors (Lipinski definition) is 2. The smallest absolute Gasteiger partial charge is 0.270 e. The largest absolute Gasteiger partial charge is 0.493 e. The Labute approximate surface area is 226 Å². The predicted octanol–water partition coefficient (Wildman–Crippen LogP) is 5.88. The number of benzene rings is 1. The lowest BCUT2D eigenvalue weighted by atomic mass is 9.89. The molecule has 200 valence electrons. The zero-order valence-corrected chi connectivity index (χ0v) is 22.4. The summed E-state index contributed by atoms with van der Waals surface area (Å²) in [5.41, 5.74) is 3.95. The second-order valence-corrected chi connectivity index (χ2v) is 10.7. The molecular weight excluding hydrogens is 474 g/mol. The maximum Gasteiger partial charge on any atom is 0.270 e. The number of terminal acetylenes is 1. The van der Waals surface area contributed by atoms with Crippen LogP contribution >= 0.6 is 0 Å². The maximum absolute atomic E-state index is 13.4. The minimum absolute atomic E-state index is 0.124. The average Bonchev–Trinajstić information content (AvgIpc) is 3.58. The number of nitrogens with one attached hydrogen (secondary N) is 2. The fourth-order valence-corrected chi connectivity index (χ4v) is 5.78. The quantitative estimate of drug-likeness (QED) is 0.348. The van der Waals surface area contributed by atoms with Gasteiger partial charge in [0.25, 0.3) is 5.91 Å². The molecule has 3 aliphatic rings. The SMILES string of the molecule is C#CCCC1(CCOc2cccc(CNC3CCCC(N(CC)C(=O)c4cc5c([nH]4)CCC=C5)C3)c2)N=N1. The lowest BCUT2D eigenvalue weighted by molar-refractivity contribution is 0.0622. The van der Waals surface area contributed by atoms with Gasteiger partial charge in [-0.2, -0.15) is 10.2 Å². The summed E-state index contributed by atoms with van der Waals surface area (Å²) in [5, 5.41) is 12.1. The van der Waals surface area contributed by atoms with E-state index in [-0.39, 0.29) is 17.6 Å². The van der Waals surface area contributed by atoms with Gasteiger partial charge in [-0.3, -0.25) is 4.79 Å². The van der Waals surface area contributed by atoms with E-state index in [9.17, 15) is 4.79 Å². The Bertz CT molecular complexity index is 1220. The van der Waals surface area contributed by atoms with Crippen LogP contribution in [0.1, 0.15) is 85.6 Å². The molecule has 0 bridgehead atoms. The van der Waals surface area contributed by atoms with Crippen molar-refractivity contribution >= 4 is 12.0 Å². The van der Waals surface area contributed by atoms with Crippen LogP contribution in [0.5, 0.6) is 5.75 Å². The van der Waals surface area contributed by atoms with E-state index in [1.165, 1.54) is 11.3 Å². The number of allylic oxidation sites excluding steroid dienone is 1. The van der Waals surface area contributed by atoms with Gasteiger partial charge in [0.05, 0.1) is 6.61 Å². The first kappa shape index (κ1) is 26.2. The van der Waals surface area contributed by atoms with Crippen molar-refractivity contribution in [2.45, 2.75) is 89.0 Å². The number of carbonyl (C=O) groups is 1. The first-order chi connectivity index (χ1) is 18.6. The molecule has 0 saturated heterocycles. The molecule has 1 aromatic carbocycles. The number of aryl methyl sites for hydroxylation is 1. The van der Waals surface area contributed by atoms with Crippen LogP contribution in [0.3, 0.4) is 0 Å². The van der Waals surface area contributed by atoms with Crippen molar-refractivity contribution in [3.05, 3.63) is 58.9 Å². The van der Waals surface area contributed by atoms with Gasteiger partial charge in [-0.1, -0.05) is 24.3 Å². The summed E-state index contributed by atoms with van der Waals surface area (Å²) in [4.78, 5) is 18.9. The molecule has 1 fully saturated rings. The number of hydrogen-bond acceptors (Lipinski definition) is 5. The van der Waals surface area contributed by atoms with Gasteiger partial charge in [0, 0.05) is 50.1 Å². The van der Waals surface area contributed by atoms with E-state index >= 15 is 0 Å². The van der Waals surface area contributed by atoms with Gasteiger partial charge in [0.2, 0.25) is 0 Å². The first-order valence-electron chi connectivity index (χ1n) is 14.1. The minimum Gasteiger partial charge on any atom is -0.493 e. The van der Waals surface area contributed by atoms with Crippen LogP contribution in [0.15, 0.2) is 46.6 Å². The summed E-state index contributed by atoms with van der Waals surface area (Å²) < 4.78 is 6.01. The second kappa shape index (κ2) is 12.0. The van der Waals surface area contributed by atoms with Gasteiger partial charge in [0.15, 0.2) is 5.66 Å². The Kier molecular flexibility index (Phi) is 8.29. The van der Waals surface area contributed by atoms with E-state index in [0.29, 0.717) is 19.1 Å². The van der Waals surface area contributed by atoms with Gasteiger partial charge in [-0.15, -0.1) is 12.3 Å². The summed E-state index contributed by atoms with van der Waals surface area (Å²) >= 11 is 0. The van der Waals surface area contributed by atoms with E-state index in [4.69, 9.17) is 11.2 Å². The Balaban J connectivity index is 1.11. The molecule has 7 heteroatoms. The van der Waals surface area contributed by atoms with Crippen LogP contribution in [-0.2, 0) is 13.0 Å². The molecule has 1 amide bonds. The fourth-order valence-electron chi connectivity index (χ4n) is 5.78. The number of rotatable bonds is 12. The average molecular weight is 514 g/mol. The summed E-state index contributed by atoms with van der Waals surface area (Å²) in [6.45, 7) is 4.16. The molecule has 5 rings (SSSR count). The summed E-state index contributed by atoms with van der Waals surface area (Å²) in [5.74, 6) is 3.65. The normalized spacial score (nSPS) is 20.9. The molecule has 38 heavy (non-hydrogen) atoms. The van der Waals surface area contributed by atoms with Crippen LogP contribution in [0, 0.1) is 12.3 Å². The van der Waals surface area contributed by atoms with Crippen molar-refractivity contribution in [2.75, 3.05) is 13.2 Å². The van der Waals surface area contributed by atoms with Crippen molar-refractivity contribution in [3.63, 3.8) is 0 Å². The van der Waals surface area contributed by atoms with E-state index in [2.05, 4.69) is 62.6 Å². The number of aromatic nitrogens is 1. The standard InChI is InChI=1S/C31H39N5O2/c1-3-5-16-31(34-35-31)17-18-38-27-14-8-10-23(19-27)22-32-25-12-9-13-26(21-25)36(4-2)30(37)29-20-24-11-6-7-15-28(24)33-29/h1,6,8,10-11,14,19-20,25-26,32-33H,4-5,7,9,12-13,15-18,21-22H2,2H3. The molecule has 1 aromatic heterocycles. The Morgan fingerprint density at radius 2 is 2.18 bits per heavy atom. The Hall–Kier alpha value is -3.37. The molecule has 2 aromatic rings. The van der Waals surface area contributed by atoms with E-state index in [0.717, 1.165) is 81.5 Å². The third kappa shape index (κ3) is 6.36. The highest BCUT2D eigenvalue weighted by atomic mass is 16.5. The minimum atomic E-state index is -0.311. The molecule has 1 saturated carbocycles. The van der Waals surface area contributed by atoms with Crippen LogP contribution < -0.4 is 10.1 Å². The monoisotopic (exact) mass is 513 g/mol. The molecule has 2 N–H and O–H groups in total.